The molecule has 0 N–H and O–H groups in total. The van der Waals surface area contributed by atoms with E-state index >= 15 is 0 Å². The Bertz CT molecular complexity index is 974. The van der Waals surface area contributed by atoms with Gasteiger partial charge >= 0.3 is 0 Å². The van der Waals surface area contributed by atoms with Gasteiger partial charge in [-0.25, -0.2) is 4.98 Å². The minimum absolute atomic E-state index is 0.0987. The minimum atomic E-state index is 0.0987. The standard InChI is InChI=1S/C22H28N4O2/c1-15(2)21-14-25(13-18-6-5-11-28-18)9-10-26(21)22(27)17-7-8-20-19(12-17)23-16(3)24(20)4/h5-8,11-12,15,21H,9-10,13-14H2,1-4H3/t21-/m1/s1. The third-order valence-electron chi connectivity index (χ3n) is 5.84. The first-order valence-corrected chi connectivity index (χ1v) is 9.93. The maximum atomic E-state index is 13.3. The summed E-state index contributed by atoms with van der Waals surface area (Å²) in [5.74, 6) is 2.40. The molecule has 1 amide bonds. The van der Waals surface area contributed by atoms with Gasteiger partial charge in [-0.2, -0.15) is 0 Å². The van der Waals surface area contributed by atoms with Crippen molar-refractivity contribution in [2.45, 2.75) is 33.4 Å². The first-order valence-electron chi connectivity index (χ1n) is 9.93. The normalized spacial score (nSPS) is 18.3. The topological polar surface area (TPSA) is 54.5 Å². The zero-order valence-electron chi connectivity index (χ0n) is 17.1. The average Bonchev–Trinajstić information content (AvgIpc) is 3.29. The van der Waals surface area contributed by atoms with Crippen LogP contribution in [0.5, 0.6) is 0 Å². The second kappa shape index (κ2) is 7.43. The van der Waals surface area contributed by atoms with Crippen LogP contribution < -0.4 is 0 Å². The second-order valence-electron chi connectivity index (χ2n) is 8.05. The number of nitrogens with zero attached hydrogens (tertiary/aromatic N) is 4. The number of carbonyl (C=O) groups is 1. The molecule has 0 unspecified atom stereocenters. The molecule has 1 saturated heterocycles. The van der Waals surface area contributed by atoms with Crippen molar-refractivity contribution in [3.05, 3.63) is 53.7 Å². The number of amides is 1. The molecule has 6 heteroatoms. The molecule has 1 atom stereocenters. The molecule has 4 rings (SSSR count). The van der Waals surface area contributed by atoms with E-state index in [0.717, 1.165) is 54.4 Å². The molecule has 1 fully saturated rings. The van der Waals surface area contributed by atoms with E-state index in [1.807, 2.05) is 53.8 Å². The summed E-state index contributed by atoms with van der Waals surface area (Å²) in [6.45, 7) is 9.57. The second-order valence-corrected chi connectivity index (χ2v) is 8.05. The highest BCUT2D eigenvalue weighted by Gasteiger charge is 2.33. The lowest BCUT2D eigenvalue weighted by atomic mass is 9.98. The van der Waals surface area contributed by atoms with E-state index in [0.29, 0.717) is 5.92 Å². The van der Waals surface area contributed by atoms with Crippen molar-refractivity contribution in [2.75, 3.05) is 19.6 Å². The fourth-order valence-corrected chi connectivity index (χ4v) is 4.08. The van der Waals surface area contributed by atoms with E-state index < -0.39 is 0 Å². The Hall–Kier alpha value is -2.60. The summed E-state index contributed by atoms with van der Waals surface area (Å²) < 4.78 is 7.55. The molecule has 0 bridgehead atoms. The number of rotatable bonds is 4. The average molecular weight is 380 g/mol. The van der Waals surface area contributed by atoms with Crippen molar-refractivity contribution >= 4 is 16.9 Å². The number of piperazine rings is 1. The number of carbonyl (C=O) groups excluding carboxylic acids is 1. The maximum absolute atomic E-state index is 13.3. The summed E-state index contributed by atoms with van der Waals surface area (Å²) >= 11 is 0. The largest absolute Gasteiger partial charge is 0.468 e. The number of hydrogen-bond acceptors (Lipinski definition) is 4. The van der Waals surface area contributed by atoms with Crippen LogP contribution in [0.15, 0.2) is 41.0 Å². The molecule has 2 aromatic heterocycles. The summed E-state index contributed by atoms with van der Waals surface area (Å²) in [6, 6.07) is 9.96. The summed E-state index contributed by atoms with van der Waals surface area (Å²) in [6.07, 6.45) is 1.71. The van der Waals surface area contributed by atoms with Gasteiger partial charge in [0.25, 0.3) is 5.91 Å². The summed E-state index contributed by atoms with van der Waals surface area (Å²) in [5.41, 5.74) is 2.65. The van der Waals surface area contributed by atoms with E-state index in [2.05, 4.69) is 23.7 Å². The van der Waals surface area contributed by atoms with Gasteiger partial charge in [-0.1, -0.05) is 13.8 Å². The SMILES string of the molecule is Cc1nc2cc(C(=O)N3CCN(Cc4ccco4)C[C@@H]3C(C)C)ccc2n1C. The van der Waals surface area contributed by atoms with Gasteiger partial charge in [0.15, 0.2) is 0 Å². The molecule has 1 aliphatic rings. The Labute approximate surface area is 165 Å². The Kier molecular flexibility index (Phi) is 4.98. The molecule has 1 aliphatic heterocycles. The van der Waals surface area contributed by atoms with Gasteiger partial charge in [-0.05, 0) is 43.2 Å². The number of imidazole rings is 1. The monoisotopic (exact) mass is 380 g/mol. The van der Waals surface area contributed by atoms with Crippen LogP contribution in [-0.4, -0.2) is 50.9 Å². The lowest BCUT2D eigenvalue weighted by Gasteiger charge is -2.43. The summed E-state index contributed by atoms with van der Waals surface area (Å²) in [5, 5.41) is 0. The summed E-state index contributed by atoms with van der Waals surface area (Å²) in [7, 11) is 2.00. The number of aromatic nitrogens is 2. The number of hydrogen-bond donors (Lipinski definition) is 0. The van der Waals surface area contributed by atoms with Crippen molar-refractivity contribution in [3.8, 4) is 0 Å². The first-order chi connectivity index (χ1) is 13.4. The van der Waals surface area contributed by atoms with Gasteiger partial charge in [-0.15, -0.1) is 0 Å². The molecule has 0 aliphatic carbocycles. The number of fused-ring (bicyclic) bond motifs is 1. The van der Waals surface area contributed by atoms with Crippen LogP contribution in [-0.2, 0) is 13.6 Å². The molecule has 3 aromatic rings. The Morgan fingerprint density at radius 2 is 2.11 bits per heavy atom. The smallest absolute Gasteiger partial charge is 0.254 e. The highest BCUT2D eigenvalue weighted by molar-refractivity contribution is 5.97. The Morgan fingerprint density at radius 3 is 2.82 bits per heavy atom. The first kappa shape index (κ1) is 18.7. The number of furan rings is 1. The molecule has 0 saturated carbocycles. The predicted octanol–water partition coefficient (Wildman–Crippen LogP) is 3.46. The molecule has 148 valence electrons. The van der Waals surface area contributed by atoms with Gasteiger partial charge in [0, 0.05) is 38.3 Å². The van der Waals surface area contributed by atoms with E-state index in [4.69, 9.17) is 4.42 Å². The molecular formula is C22H28N4O2. The van der Waals surface area contributed by atoms with Crippen LogP contribution in [0.1, 0.15) is 35.8 Å². The molecule has 1 aromatic carbocycles. The van der Waals surface area contributed by atoms with Gasteiger partial charge in [0.05, 0.1) is 23.8 Å². The third-order valence-corrected chi connectivity index (χ3v) is 5.84. The lowest BCUT2D eigenvalue weighted by molar-refractivity contribution is 0.0314. The third kappa shape index (κ3) is 3.44. The van der Waals surface area contributed by atoms with Crippen LogP contribution in [0, 0.1) is 12.8 Å². The predicted molar refractivity (Wildman–Crippen MR) is 109 cm³/mol. The number of aryl methyl sites for hydroxylation is 2. The highest BCUT2D eigenvalue weighted by Crippen LogP contribution is 2.23. The number of benzene rings is 1. The molecule has 0 spiro atoms. The van der Waals surface area contributed by atoms with E-state index in [-0.39, 0.29) is 11.9 Å². The quantitative estimate of drug-likeness (QED) is 0.696. The van der Waals surface area contributed by atoms with Crippen LogP contribution in [0.2, 0.25) is 0 Å². The van der Waals surface area contributed by atoms with E-state index in [1.165, 1.54) is 0 Å². The van der Waals surface area contributed by atoms with Crippen LogP contribution >= 0.6 is 0 Å². The van der Waals surface area contributed by atoms with Crippen molar-refractivity contribution in [2.24, 2.45) is 13.0 Å². The molecular weight excluding hydrogens is 352 g/mol. The molecule has 6 nitrogen and oxygen atoms in total. The van der Waals surface area contributed by atoms with Gasteiger partial charge in [0.2, 0.25) is 0 Å². The zero-order valence-corrected chi connectivity index (χ0v) is 17.1. The van der Waals surface area contributed by atoms with Crippen molar-refractivity contribution in [3.63, 3.8) is 0 Å². The maximum Gasteiger partial charge on any atom is 0.254 e. The van der Waals surface area contributed by atoms with Crippen LogP contribution in [0.3, 0.4) is 0 Å². The van der Waals surface area contributed by atoms with Crippen molar-refractivity contribution in [1.29, 1.82) is 0 Å². The van der Waals surface area contributed by atoms with Crippen LogP contribution in [0.4, 0.5) is 0 Å². The Balaban J connectivity index is 1.54. The van der Waals surface area contributed by atoms with Gasteiger partial charge in [-0.3, -0.25) is 9.69 Å². The zero-order chi connectivity index (χ0) is 19.8. The van der Waals surface area contributed by atoms with Gasteiger partial charge < -0.3 is 13.9 Å². The van der Waals surface area contributed by atoms with Crippen molar-refractivity contribution in [1.82, 2.24) is 19.4 Å². The van der Waals surface area contributed by atoms with E-state index in [1.54, 1.807) is 6.26 Å². The highest BCUT2D eigenvalue weighted by atomic mass is 16.3. The van der Waals surface area contributed by atoms with Crippen LogP contribution in [0.25, 0.3) is 11.0 Å². The van der Waals surface area contributed by atoms with Gasteiger partial charge in [0.1, 0.15) is 11.6 Å². The fourth-order valence-electron chi connectivity index (χ4n) is 4.08. The summed E-state index contributed by atoms with van der Waals surface area (Å²) in [4.78, 5) is 22.3. The van der Waals surface area contributed by atoms with E-state index in [9.17, 15) is 4.79 Å². The molecule has 0 radical (unpaired) electrons. The molecule has 28 heavy (non-hydrogen) atoms. The minimum Gasteiger partial charge on any atom is -0.468 e. The Morgan fingerprint density at radius 1 is 1.29 bits per heavy atom. The lowest BCUT2D eigenvalue weighted by Crippen LogP contribution is -2.56. The fraction of sp³-hybridized carbons (Fsp3) is 0.455. The molecule has 3 heterocycles. The van der Waals surface area contributed by atoms with Crippen molar-refractivity contribution < 1.29 is 9.21 Å².